The molecule has 4 rings (SSSR count). The molecule has 0 bridgehead atoms. The number of amides is 1. The van der Waals surface area contributed by atoms with Gasteiger partial charge < -0.3 is 20.0 Å². The number of nitrogens with zero attached hydrogens (tertiary/aromatic N) is 7. The van der Waals surface area contributed by atoms with Crippen molar-refractivity contribution in [1.29, 1.82) is 0 Å². The maximum Gasteiger partial charge on any atom is 0.257 e. The van der Waals surface area contributed by atoms with Gasteiger partial charge in [-0.3, -0.25) is 4.79 Å². The van der Waals surface area contributed by atoms with Crippen molar-refractivity contribution in [1.82, 2.24) is 19.9 Å². The van der Waals surface area contributed by atoms with Gasteiger partial charge in [0.15, 0.2) is 0 Å². The molecular formula is C22H26N8O. The summed E-state index contributed by atoms with van der Waals surface area (Å²) in [5.41, 5.74) is 1.03. The normalized spacial score (nSPS) is 16.2. The third kappa shape index (κ3) is 4.71. The van der Waals surface area contributed by atoms with Crippen LogP contribution in [0.4, 0.5) is 23.3 Å². The Labute approximate surface area is 181 Å². The fraction of sp³-hybridized carbons (Fsp3) is 0.318. The molecule has 1 aliphatic heterocycles. The molecule has 1 amide bonds. The number of carbonyl (C=O) groups excluding carboxylic acids is 1. The molecule has 0 radical (unpaired) electrons. The number of carbonyl (C=O) groups is 1. The van der Waals surface area contributed by atoms with E-state index in [-0.39, 0.29) is 11.9 Å². The van der Waals surface area contributed by atoms with Crippen LogP contribution in [0.5, 0.6) is 0 Å². The number of nitrogens with one attached hydrogen (secondary N) is 1. The molecule has 0 aliphatic carbocycles. The lowest BCUT2D eigenvalue weighted by molar-refractivity contribution is 0.102. The van der Waals surface area contributed by atoms with E-state index in [1.54, 1.807) is 30.7 Å². The zero-order valence-electron chi connectivity index (χ0n) is 17.9. The summed E-state index contributed by atoms with van der Waals surface area (Å²) in [6.45, 7) is 4.64. The van der Waals surface area contributed by atoms with E-state index in [1.807, 2.05) is 43.4 Å². The maximum atomic E-state index is 12.5. The predicted octanol–water partition coefficient (Wildman–Crippen LogP) is 2.30. The Hall–Kier alpha value is -3.75. The standard InChI is InChI=1S/C22H26N8O/c1-16-15-29(20-6-4-5-9-23-20)10-11-30(16)22-25-13-18(14-26-22)27-21(31)17-7-8-19(24-12-17)28(2)3/h4-9,12-14,16H,10-11,15H2,1-3H3,(H,27,31)/t16-/m0/s1. The van der Waals surface area contributed by atoms with Crippen LogP contribution in [0, 0.1) is 0 Å². The molecular weight excluding hydrogens is 392 g/mol. The number of piperazine rings is 1. The topological polar surface area (TPSA) is 90.4 Å². The lowest BCUT2D eigenvalue weighted by Gasteiger charge is -2.40. The number of aromatic nitrogens is 4. The van der Waals surface area contributed by atoms with Crippen molar-refractivity contribution in [2.75, 3.05) is 53.7 Å². The van der Waals surface area contributed by atoms with Crippen LogP contribution in [-0.4, -0.2) is 65.6 Å². The summed E-state index contributed by atoms with van der Waals surface area (Å²) in [5, 5.41) is 2.82. The average molecular weight is 419 g/mol. The van der Waals surface area contributed by atoms with Gasteiger partial charge >= 0.3 is 0 Å². The third-order valence-electron chi connectivity index (χ3n) is 5.22. The first-order valence-corrected chi connectivity index (χ1v) is 10.2. The summed E-state index contributed by atoms with van der Waals surface area (Å²) in [6, 6.07) is 9.74. The van der Waals surface area contributed by atoms with Gasteiger partial charge in [0.05, 0.1) is 23.6 Å². The quantitative estimate of drug-likeness (QED) is 0.675. The highest BCUT2D eigenvalue weighted by Crippen LogP contribution is 2.21. The fourth-order valence-corrected chi connectivity index (χ4v) is 3.53. The van der Waals surface area contributed by atoms with E-state index < -0.39 is 0 Å². The minimum absolute atomic E-state index is 0.234. The monoisotopic (exact) mass is 418 g/mol. The molecule has 3 aromatic rings. The van der Waals surface area contributed by atoms with Crippen molar-refractivity contribution in [3.63, 3.8) is 0 Å². The van der Waals surface area contributed by atoms with Crippen LogP contribution in [0.25, 0.3) is 0 Å². The molecule has 9 heteroatoms. The summed E-state index contributed by atoms with van der Waals surface area (Å²) in [5.74, 6) is 2.19. The Kier molecular flexibility index (Phi) is 5.92. The molecule has 4 heterocycles. The van der Waals surface area contributed by atoms with Crippen molar-refractivity contribution < 1.29 is 4.79 Å². The van der Waals surface area contributed by atoms with Crippen molar-refractivity contribution in [3.8, 4) is 0 Å². The van der Waals surface area contributed by atoms with Crippen molar-refractivity contribution in [3.05, 3.63) is 60.7 Å². The number of rotatable bonds is 5. The summed E-state index contributed by atoms with van der Waals surface area (Å²) in [7, 11) is 3.81. The minimum Gasteiger partial charge on any atom is -0.363 e. The lowest BCUT2D eigenvalue weighted by Crippen LogP contribution is -2.53. The molecule has 0 unspecified atom stereocenters. The molecule has 1 saturated heterocycles. The van der Waals surface area contributed by atoms with E-state index in [0.717, 1.165) is 31.3 Å². The largest absolute Gasteiger partial charge is 0.363 e. The zero-order chi connectivity index (χ0) is 21.8. The second-order valence-corrected chi connectivity index (χ2v) is 7.70. The average Bonchev–Trinajstić information content (AvgIpc) is 2.80. The van der Waals surface area contributed by atoms with E-state index in [4.69, 9.17) is 0 Å². The first kappa shape index (κ1) is 20.5. The summed E-state index contributed by atoms with van der Waals surface area (Å²) in [6.07, 6.45) is 6.65. The van der Waals surface area contributed by atoms with E-state index in [1.165, 1.54) is 0 Å². The van der Waals surface area contributed by atoms with Gasteiger partial charge in [0.25, 0.3) is 5.91 Å². The molecule has 160 valence electrons. The SMILES string of the molecule is C[C@H]1CN(c2ccccn2)CCN1c1ncc(NC(=O)c2ccc(N(C)C)nc2)cn1. The number of hydrogen-bond acceptors (Lipinski definition) is 8. The van der Waals surface area contributed by atoms with E-state index in [0.29, 0.717) is 17.2 Å². The van der Waals surface area contributed by atoms with Gasteiger partial charge in [-0.05, 0) is 31.2 Å². The molecule has 1 N–H and O–H groups in total. The van der Waals surface area contributed by atoms with Gasteiger partial charge in [0, 0.05) is 52.2 Å². The number of hydrogen-bond donors (Lipinski definition) is 1. The van der Waals surface area contributed by atoms with Gasteiger partial charge in [-0.25, -0.2) is 19.9 Å². The molecule has 3 aromatic heterocycles. The molecule has 0 aromatic carbocycles. The number of pyridine rings is 2. The second kappa shape index (κ2) is 8.95. The van der Waals surface area contributed by atoms with Crippen molar-refractivity contribution >= 4 is 29.2 Å². The lowest BCUT2D eigenvalue weighted by atomic mass is 10.2. The van der Waals surface area contributed by atoms with Crippen LogP contribution in [0.3, 0.4) is 0 Å². The smallest absolute Gasteiger partial charge is 0.257 e. The highest BCUT2D eigenvalue weighted by Gasteiger charge is 2.26. The van der Waals surface area contributed by atoms with Crippen LogP contribution >= 0.6 is 0 Å². The minimum atomic E-state index is -0.244. The van der Waals surface area contributed by atoms with Crippen LogP contribution in [0.2, 0.25) is 0 Å². The van der Waals surface area contributed by atoms with Crippen LogP contribution < -0.4 is 20.0 Å². The maximum absolute atomic E-state index is 12.5. The molecule has 1 aliphatic rings. The van der Waals surface area contributed by atoms with Gasteiger partial charge in [0.2, 0.25) is 5.95 Å². The summed E-state index contributed by atoms with van der Waals surface area (Å²) in [4.78, 5) is 36.5. The van der Waals surface area contributed by atoms with E-state index in [2.05, 4.69) is 42.0 Å². The van der Waals surface area contributed by atoms with Gasteiger partial charge in [-0.2, -0.15) is 0 Å². The highest BCUT2D eigenvalue weighted by atomic mass is 16.1. The molecule has 1 fully saturated rings. The molecule has 0 saturated carbocycles. The Morgan fingerprint density at radius 2 is 1.84 bits per heavy atom. The Morgan fingerprint density at radius 3 is 2.45 bits per heavy atom. The van der Waals surface area contributed by atoms with E-state index in [9.17, 15) is 4.79 Å². The molecule has 0 spiro atoms. The summed E-state index contributed by atoms with van der Waals surface area (Å²) < 4.78 is 0. The van der Waals surface area contributed by atoms with Gasteiger partial charge in [0.1, 0.15) is 11.6 Å². The summed E-state index contributed by atoms with van der Waals surface area (Å²) >= 11 is 0. The molecule has 9 nitrogen and oxygen atoms in total. The van der Waals surface area contributed by atoms with Crippen LogP contribution in [0.1, 0.15) is 17.3 Å². The third-order valence-corrected chi connectivity index (χ3v) is 5.22. The second-order valence-electron chi connectivity index (χ2n) is 7.70. The van der Waals surface area contributed by atoms with Crippen LogP contribution in [-0.2, 0) is 0 Å². The first-order chi connectivity index (χ1) is 15.0. The first-order valence-electron chi connectivity index (χ1n) is 10.2. The fourth-order valence-electron chi connectivity index (χ4n) is 3.53. The van der Waals surface area contributed by atoms with Crippen LogP contribution in [0.15, 0.2) is 55.1 Å². The number of anilines is 4. The van der Waals surface area contributed by atoms with E-state index >= 15 is 0 Å². The highest BCUT2D eigenvalue weighted by molar-refractivity contribution is 6.04. The van der Waals surface area contributed by atoms with Gasteiger partial charge in [-0.1, -0.05) is 6.07 Å². The van der Waals surface area contributed by atoms with Gasteiger partial charge in [-0.15, -0.1) is 0 Å². The Bertz CT molecular complexity index is 1010. The van der Waals surface area contributed by atoms with Crippen molar-refractivity contribution in [2.45, 2.75) is 13.0 Å². The molecule has 31 heavy (non-hydrogen) atoms. The zero-order valence-corrected chi connectivity index (χ0v) is 17.9. The molecule has 1 atom stereocenters. The Balaban J connectivity index is 1.37. The predicted molar refractivity (Wildman–Crippen MR) is 122 cm³/mol. The van der Waals surface area contributed by atoms with Crippen molar-refractivity contribution in [2.24, 2.45) is 0 Å². The Morgan fingerprint density at radius 1 is 1.03 bits per heavy atom.